The number of benzene rings is 1. The second kappa shape index (κ2) is 6.00. The predicted molar refractivity (Wildman–Crippen MR) is 65.3 cm³/mol. The summed E-state index contributed by atoms with van der Waals surface area (Å²) in [5.41, 5.74) is 0. The topological polar surface area (TPSA) is 75.3 Å². The molecule has 0 aliphatic carbocycles. The number of nitrogens with one attached hydrogen (secondary N) is 2. The smallest absolute Gasteiger partial charge is 0.242 e. The summed E-state index contributed by atoms with van der Waals surface area (Å²) >= 11 is 5.78. The largest absolute Gasteiger partial charge is 0.359 e. The van der Waals surface area contributed by atoms with Crippen molar-refractivity contribution in [2.24, 2.45) is 0 Å². The second-order valence-corrected chi connectivity index (χ2v) is 5.39. The first-order valence-electron chi connectivity index (χ1n) is 4.92. The first kappa shape index (κ1) is 14.0. The third kappa shape index (κ3) is 3.99. The molecular weight excluding hydrogens is 264 g/mol. The highest BCUT2D eigenvalue weighted by Gasteiger charge is 2.16. The van der Waals surface area contributed by atoms with Gasteiger partial charge in [0.2, 0.25) is 15.9 Å². The lowest BCUT2D eigenvalue weighted by Gasteiger charge is -2.07. The molecule has 0 heterocycles. The normalized spacial score (nSPS) is 11.2. The fraction of sp³-hybridized carbons (Fsp3) is 0.300. The Labute approximate surface area is 105 Å². The molecule has 0 atom stereocenters. The molecule has 1 amide bonds. The maximum atomic E-state index is 11.8. The van der Waals surface area contributed by atoms with Gasteiger partial charge in [-0.05, 0) is 12.1 Å². The quantitative estimate of drug-likeness (QED) is 0.833. The number of hydrogen-bond donors (Lipinski definition) is 2. The number of carbonyl (C=O) groups excluding carboxylic acids is 1. The second-order valence-electron chi connectivity index (χ2n) is 3.25. The van der Waals surface area contributed by atoms with Crippen LogP contribution in [-0.4, -0.2) is 27.9 Å². The van der Waals surface area contributed by atoms with E-state index in [1.165, 1.54) is 19.2 Å². The van der Waals surface area contributed by atoms with Gasteiger partial charge in [0.05, 0.1) is 5.02 Å². The monoisotopic (exact) mass is 276 g/mol. The van der Waals surface area contributed by atoms with Crippen molar-refractivity contribution in [3.63, 3.8) is 0 Å². The highest BCUT2D eigenvalue weighted by atomic mass is 35.5. The fourth-order valence-electron chi connectivity index (χ4n) is 1.16. The van der Waals surface area contributed by atoms with Crippen LogP contribution in [-0.2, 0) is 14.8 Å². The van der Waals surface area contributed by atoms with E-state index in [2.05, 4.69) is 10.0 Å². The molecule has 2 N–H and O–H groups in total. The van der Waals surface area contributed by atoms with Crippen LogP contribution in [0.4, 0.5) is 0 Å². The van der Waals surface area contributed by atoms with Gasteiger partial charge in [0.25, 0.3) is 0 Å². The Morgan fingerprint density at radius 3 is 2.59 bits per heavy atom. The van der Waals surface area contributed by atoms with E-state index >= 15 is 0 Å². The molecule has 0 radical (unpaired) electrons. The number of carbonyl (C=O) groups is 1. The van der Waals surface area contributed by atoms with E-state index < -0.39 is 10.0 Å². The molecule has 7 heteroatoms. The van der Waals surface area contributed by atoms with Crippen LogP contribution in [0.25, 0.3) is 0 Å². The molecule has 1 aromatic carbocycles. The minimum Gasteiger partial charge on any atom is -0.359 e. The molecule has 0 bridgehead atoms. The highest BCUT2D eigenvalue weighted by Crippen LogP contribution is 2.19. The summed E-state index contributed by atoms with van der Waals surface area (Å²) < 4.78 is 25.9. The van der Waals surface area contributed by atoms with Gasteiger partial charge in [-0.25, -0.2) is 13.1 Å². The molecule has 0 aromatic heterocycles. The maximum Gasteiger partial charge on any atom is 0.242 e. The van der Waals surface area contributed by atoms with Gasteiger partial charge < -0.3 is 5.32 Å². The van der Waals surface area contributed by atoms with Gasteiger partial charge in [0.1, 0.15) is 4.90 Å². The number of halogens is 1. The van der Waals surface area contributed by atoms with E-state index in [0.717, 1.165) is 0 Å². The molecule has 0 unspecified atom stereocenters. The molecule has 0 saturated heterocycles. The lowest BCUT2D eigenvalue weighted by molar-refractivity contribution is -0.120. The molecule has 94 valence electrons. The number of hydrogen-bond acceptors (Lipinski definition) is 3. The third-order valence-electron chi connectivity index (χ3n) is 2.05. The molecule has 5 nitrogen and oxygen atoms in total. The summed E-state index contributed by atoms with van der Waals surface area (Å²) in [6.45, 7) is 0.0350. The van der Waals surface area contributed by atoms with Crippen molar-refractivity contribution in [3.05, 3.63) is 29.3 Å². The summed E-state index contributed by atoms with van der Waals surface area (Å²) in [4.78, 5) is 10.9. The summed E-state index contributed by atoms with van der Waals surface area (Å²) in [6, 6.07) is 6.13. The van der Waals surface area contributed by atoms with Crippen LogP contribution in [0.3, 0.4) is 0 Å². The van der Waals surface area contributed by atoms with Gasteiger partial charge in [-0.15, -0.1) is 0 Å². The Hall–Kier alpha value is -1.11. The van der Waals surface area contributed by atoms with Gasteiger partial charge in [-0.3, -0.25) is 4.79 Å². The van der Waals surface area contributed by atoms with Crippen molar-refractivity contribution in [3.8, 4) is 0 Å². The van der Waals surface area contributed by atoms with Crippen molar-refractivity contribution in [2.45, 2.75) is 11.3 Å². The standard InChI is InChI=1S/C10H13ClN2O3S/c1-12-10(14)6-7-13-17(15,16)9-5-3-2-4-8(9)11/h2-5,13H,6-7H2,1H3,(H,12,14). The van der Waals surface area contributed by atoms with Crippen LogP contribution in [0.5, 0.6) is 0 Å². The van der Waals surface area contributed by atoms with Crippen molar-refractivity contribution in [2.75, 3.05) is 13.6 Å². The van der Waals surface area contributed by atoms with E-state index in [9.17, 15) is 13.2 Å². The fourth-order valence-corrected chi connectivity index (χ4v) is 2.71. The Balaban J connectivity index is 2.70. The molecule has 0 saturated carbocycles. The van der Waals surface area contributed by atoms with E-state index in [1.807, 2.05) is 0 Å². The first-order chi connectivity index (χ1) is 7.97. The zero-order valence-corrected chi connectivity index (χ0v) is 10.8. The summed E-state index contributed by atoms with van der Waals surface area (Å²) in [5.74, 6) is -0.230. The average molecular weight is 277 g/mol. The van der Waals surface area contributed by atoms with Gasteiger partial charge >= 0.3 is 0 Å². The summed E-state index contributed by atoms with van der Waals surface area (Å²) in [6.07, 6.45) is 0.0835. The van der Waals surface area contributed by atoms with Crippen LogP contribution in [0, 0.1) is 0 Å². The molecule has 0 spiro atoms. The SMILES string of the molecule is CNC(=O)CCNS(=O)(=O)c1ccccc1Cl. The van der Waals surface area contributed by atoms with Crippen LogP contribution in [0.1, 0.15) is 6.42 Å². The van der Waals surface area contributed by atoms with Gasteiger partial charge in [0, 0.05) is 20.0 Å². The van der Waals surface area contributed by atoms with Gasteiger partial charge in [-0.1, -0.05) is 23.7 Å². The molecule has 1 rings (SSSR count). The molecule has 1 aromatic rings. The lowest BCUT2D eigenvalue weighted by Crippen LogP contribution is -2.29. The average Bonchev–Trinajstić information content (AvgIpc) is 2.28. The van der Waals surface area contributed by atoms with Crippen molar-refractivity contribution in [1.82, 2.24) is 10.0 Å². The van der Waals surface area contributed by atoms with Gasteiger partial charge in [0.15, 0.2) is 0 Å². The summed E-state index contributed by atoms with van der Waals surface area (Å²) in [5, 5.41) is 2.56. The molecule has 0 fully saturated rings. The summed E-state index contributed by atoms with van der Waals surface area (Å²) in [7, 11) is -2.17. The minimum atomic E-state index is -3.66. The van der Waals surface area contributed by atoms with E-state index in [0.29, 0.717) is 0 Å². The van der Waals surface area contributed by atoms with E-state index in [-0.39, 0.29) is 28.8 Å². The van der Waals surface area contributed by atoms with Crippen LogP contribution >= 0.6 is 11.6 Å². The van der Waals surface area contributed by atoms with E-state index in [4.69, 9.17) is 11.6 Å². The van der Waals surface area contributed by atoms with Crippen LogP contribution in [0.15, 0.2) is 29.2 Å². The Kier molecular flexibility index (Phi) is 4.92. The minimum absolute atomic E-state index is 0.0126. The molecule has 0 aliphatic rings. The molecular formula is C10H13ClN2O3S. The van der Waals surface area contributed by atoms with Crippen molar-refractivity contribution in [1.29, 1.82) is 0 Å². The number of amides is 1. The predicted octanol–water partition coefficient (Wildman–Crippen LogP) is 0.754. The van der Waals surface area contributed by atoms with E-state index in [1.54, 1.807) is 12.1 Å². The first-order valence-corrected chi connectivity index (χ1v) is 6.78. The van der Waals surface area contributed by atoms with Crippen LogP contribution in [0.2, 0.25) is 5.02 Å². The van der Waals surface area contributed by atoms with Gasteiger partial charge in [-0.2, -0.15) is 0 Å². The Morgan fingerprint density at radius 1 is 1.35 bits per heavy atom. The Bertz CT molecular complexity index is 502. The third-order valence-corrected chi connectivity index (χ3v) is 4.01. The zero-order chi connectivity index (χ0) is 12.9. The number of sulfonamides is 1. The van der Waals surface area contributed by atoms with Crippen molar-refractivity contribution >= 4 is 27.5 Å². The number of rotatable bonds is 5. The van der Waals surface area contributed by atoms with Crippen LogP contribution < -0.4 is 10.0 Å². The zero-order valence-electron chi connectivity index (χ0n) is 9.23. The highest BCUT2D eigenvalue weighted by molar-refractivity contribution is 7.89. The Morgan fingerprint density at radius 2 is 2.00 bits per heavy atom. The van der Waals surface area contributed by atoms with Crippen molar-refractivity contribution < 1.29 is 13.2 Å². The lowest BCUT2D eigenvalue weighted by atomic mass is 10.4. The molecule has 17 heavy (non-hydrogen) atoms. The molecule has 0 aliphatic heterocycles. The maximum absolute atomic E-state index is 11.8.